The van der Waals surface area contributed by atoms with Gasteiger partial charge in [-0.15, -0.1) is 0 Å². The maximum atomic E-state index is 10.3. The van der Waals surface area contributed by atoms with Crippen molar-refractivity contribution in [1.29, 1.82) is 0 Å². The third-order valence-electron chi connectivity index (χ3n) is 14.3. The van der Waals surface area contributed by atoms with Crippen molar-refractivity contribution in [3.05, 3.63) is 238 Å². The van der Waals surface area contributed by atoms with E-state index < -0.39 is 92.1 Å². The first-order valence-electron chi connectivity index (χ1n) is 27.1. The van der Waals surface area contributed by atoms with Crippen LogP contribution in [0.25, 0.3) is 10.4 Å². The molecular weight excluding hydrogens is 1010 g/mol. The van der Waals surface area contributed by atoms with Gasteiger partial charge in [-0.3, -0.25) is 0 Å². The summed E-state index contributed by atoms with van der Waals surface area (Å²) >= 11 is 0. The number of nitrogens with zero attached hydrogens (tertiary/aromatic N) is 3. The molecule has 4 saturated heterocycles. The van der Waals surface area contributed by atoms with Crippen LogP contribution < -0.4 is 0 Å². The highest BCUT2D eigenvalue weighted by Gasteiger charge is 2.58. The minimum absolute atomic E-state index is 0.0912. The molecule has 0 radical (unpaired) electrons. The lowest BCUT2D eigenvalue weighted by atomic mass is 9.95. The van der Waals surface area contributed by atoms with E-state index in [9.17, 15) is 5.53 Å². The molecule has 10 rings (SSSR count). The van der Waals surface area contributed by atoms with E-state index in [1.807, 2.05) is 202 Å². The van der Waals surface area contributed by atoms with Crippen LogP contribution in [0.15, 0.2) is 199 Å². The minimum Gasteiger partial charge on any atom is -0.493 e. The minimum atomic E-state index is -1.18. The highest BCUT2D eigenvalue weighted by Crippen LogP contribution is 2.41. The predicted octanol–water partition coefficient (Wildman–Crippen LogP) is 10.7. The smallest absolute Gasteiger partial charge is 0.188 e. The first-order chi connectivity index (χ1) is 39.0. The third-order valence-corrected chi connectivity index (χ3v) is 14.3. The summed E-state index contributed by atoms with van der Waals surface area (Å²) in [5.74, 6) is 0. The van der Waals surface area contributed by atoms with E-state index >= 15 is 0 Å². The fourth-order valence-corrected chi connectivity index (χ4v) is 10.4. The number of rotatable bonds is 26. The van der Waals surface area contributed by atoms with E-state index in [0.29, 0.717) is 13.2 Å². The number of allylic oxidation sites excluding steroid dienone is 1. The molecule has 4 heterocycles. The maximum absolute atomic E-state index is 10.3. The number of hydrogen-bond acceptors (Lipinski definition) is 14. The van der Waals surface area contributed by atoms with E-state index in [2.05, 4.69) is 10.0 Å². The molecule has 4 aliphatic rings. The fourth-order valence-electron chi connectivity index (χ4n) is 10.4. The van der Waals surface area contributed by atoms with Crippen LogP contribution in [0.3, 0.4) is 0 Å². The maximum Gasteiger partial charge on any atom is 0.188 e. The molecule has 16 nitrogen and oxygen atoms in total. The molecule has 0 unspecified atom stereocenters. The molecule has 0 spiro atoms. The van der Waals surface area contributed by atoms with Crippen molar-refractivity contribution in [3.8, 4) is 0 Å². The lowest BCUT2D eigenvalue weighted by molar-refractivity contribution is -0.369. The quantitative estimate of drug-likeness (QED) is 0.0218. The Morgan fingerprint density at radius 2 is 0.899 bits per heavy atom. The fraction of sp³-hybridized carbons (Fsp3) is 0.397. The molecule has 0 aromatic heterocycles. The third kappa shape index (κ3) is 14.9. The van der Waals surface area contributed by atoms with Crippen molar-refractivity contribution in [2.24, 2.45) is 5.11 Å². The van der Waals surface area contributed by atoms with Crippen molar-refractivity contribution < 1.29 is 61.6 Å². The van der Waals surface area contributed by atoms with Crippen LogP contribution in [0.5, 0.6) is 0 Å². The summed E-state index contributed by atoms with van der Waals surface area (Å²) in [5, 5.41) is 4.29. The van der Waals surface area contributed by atoms with Crippen molar-refractivity contribution in [1.82, 2.24) is 0 Å². The Labute approximate surface area is 461 Å². The summed E-state index contributed by atoms with van der Waals surface area (Å²) in [6, 6.07) is 58.3. The van der Waals surface area contributed by atoms with Gasteiger partial charge in [-0.05, 0) is 52.8 Å². The summed E-state index contributed by atoms with van der Waals surface area (Å²) in [4.78, 5) is 3.30. The molecule has 4 fully saturated rings. The number of hydrogen-bond donors (Lipinski definition) is 0. The van der Waals surface area contributed by atoms with Crippen LogP contribution in [-0.2, 0) is 101 Å². The van der Waals surface area contributed by atoms with Gasteiger partial charge in [0.05, 0.1) is 65.2 Å². The molecule has 6 aromatic rings. The van der Waals surface area contributed by atoms with Crippen molar-refractivity contribution in [2.45, 2.75) is 146 Å². The lowest BCUT2D eigenvalue weighted by Crippen LogP contribution is -2.66. The second-order valence-corrected chi connectivity index (χ2v) is 19.9. The van der Waals surface area contributed by atoms with E-state index in [1.54, 1.807) is 6.26 Å². The largest absolute Gasteiger partial charge is 0.493 e. The second-order valence-electron chi connectivity index (χ2n) is 19.9. The lowest BCUT2D eigenvalue weighted by Gasteiger charge is -2.49. The topological polar surface area (TPSA) is 169 Å². The molecule has 414 valence electrons. The van der Waals surface area contributed by atoms with E-state index in [-0.39, 0.29) is 39.6 Å². The summed E-state index contributed by atoms with van der Waals surface area (Å²) < 4.78 is 88.9. The second kappa shape index (κ2) is 28.7. The molecule has 16 heteroatoms. The van der Waals surface area contributed by atoms with Gasteiger partial charge in [0.1, 0.15) is 61.0 Å². The van der Waals surface area contributed by atoms with E-state index in [0.717, 1.165) is 33.4 Å². The average molecular weight is 1080 g/mol. The zero-order valence-electron chi connectivity index (χ0n) is 44.4. The van der Waals surface area contributed by atoms with Gasteiger partial charge in [0, 0.05) is 4.91 Å². The van der Waals surface area contributed by atoms with Gasteiger partial charge in [-0.1, -0.05) is 193 Å². The normalized spacial score (nSPS) is 29.5. The van der Waals surface area contributed by atoms with E-state index in [1.165, 1.54) is 0 Å². The Balaban J connectivity index is 1.00. The molecule has 15 atom stereocenters. The zero-order valence-corrected chi connectivity index (χ0v) is 44.4. The number of ether oxygens (including phenoxy) is 13. The number of fused-ring (bicyclic) bond motifs is 2. The Kier molecular flexibility index (Phi) is 20.4. The first-order valence-corrected chi connectivity index (χ1v) is 27.1. The molecule has 4 aliphatic heterocycles. The Hall–Kier alpha value is -6.31. The number of benzene rings is 6. The highest BCUT2D eigenvalue weighted by atomic mass is 16.8. The Morgan fingerprint density at radius 3 is 1.38 bits per heavy atom. The zero-order chi connectivity index (χ0) is 54.0. The van der Waals surface area contributed by atoms with Gasteiger partial charge in [-0.25, -0.2) is 0 Å². The predicted molar refractivity (Wildman–Crippen MR) is 291 cm³/mol. The Bertz CT molecular complexity index is 2790. The summed E-state index contributed by atoms with van der Waals surface area (Å²) in [7, 11) is 0. The summed E-state index contributed by atoms with van der Waals surface area (Å²) in [5.41, 5.74) is 16.0. The van der Waals surface area contributed by atoms with Crippen LogP contribution in [0.1, 0.15) is 47.2 Å². The van der Waals surface area contributed by atoms with Crippen molar-refractivity contribution in [2.75, 3.05) is 13.2 Å². The first kappa shape index (κ1) is 56.0. The van der Waals surface area contributed by atoms with Gasteiger partial charge in [0.15, 0.2) is 25.0 Å². The van der Waals surface area contributed by atoms with Gasteiger partial charge in [0.2, 0.25) is 0 Å². The molecular formula is C63H69N3O13. The molecule has 0 amide bonds. The van der Waals surface area contributed by atoms with Crippen LogP contribution in [-0.4, -0.2) is 105 Å². The van der Waals surface area contributed by atoms with Crippen molar-refractivity contribution >= 4 is 0 Å². The molecule has 0 saturated carbocycles. The van der Waals surface area contributed by atoms with Gasteiger partial charge in [-0.2, -0.15) is 0 Å². The van der Waals surface area contributed by atoms with E-state index in [4.69, 9.17) is 61.6 Å². The number of azide groups is 1. The van der Waals surface area contributed by atoms with Crippen LogP contribution in [0.2, 0.25) is 0 Å². The van der Waals surface area contributed by atoms with Crippen LogP contribution in [0.4, 0.5) is 0 Å². The highest BCUT2D eigenvalue weighted by molar-refractivity contribution is 5.18. The summed E-state index contributed by atoms with van der Waals surface area (Å²) in [6.45, 7) is 5.46. The SMILES string of the molecule is C/C=C/O[C@H]1[C@@H](OCc2ccccc2)[C@@H](COCc2ccccc2)O[C@@H](O[C@H]2[C@H](O[C@@H]3O[C@@H](C)[C@@H](OCc4ccccc4)[C@@H](OCc4ccccc4)[C@@H]3OCc3ccccc3)[C@@H](N=[N+]=[N-])[C@@H]3OC[C@H]2O3)[C@@H]1OCc1ccccc1. The van der Waals surface area contributed by atoms with Crippen LogP contribution >= 0.6 is 0 Å². The molecule has 0 aliphatic carbocycles. The summed E-state index contributed by atoms with van der Waals surface area (Å²) in [6.07, 6.45) is -8.80. The van der Waals surface area contributed by atoms with Gasteiger partial charge in [0.25, 0.3) is 0 Å². The molecule has 6 aromatic carbocycles. The Morgan fingerprint density at radius 1 is 0.481 bits per heavy atom. The molecule has 0 N–H and O–H groups in total. The average Bonchev–Trinajstić information content (AvgIpc) is 4.14. The molecule has 79 heavy (non-hydrogen) atoms. The van der Waals surface area contributed by atoms with Crippen molar-refractivity contribution in [3.63, 3.8) is 0 Å². The van der Waals surface area contributed by atoms with Crippen LogP contribution in [0, 0.1) is 0 Å². The van der Waals surface area contributed by atoms with Gasteiger partial charge < -0.3 is 61.6 Å². The monoisotopic (exact) mass is 1080 g/mol. The molecule has 2 bridgehead atoms. The van der Waals surface area contributed by atoms with Gasteiger partial charge >= 0.3 is 0 Å². The standard InChI is InChI=1S/C63H69N3O13/c1-3-34-68-58-54(70-37-46-26-14-6-15-27-46)50(41-67-35-44-22-10-4-11-23-44)77-63(60(58)73-40-49-32-20-9-21-33-49)78-55-51-42-74-61(76-51)52(65-66-64)56(55)79-62-59(72-39-48-30-18-8-19-31-48)57(71-38-47-28-16-7-17-29-47)53(43(2)75-62)69-36-45-24-12-5-13-25-45/h3-34,43,50-63H,35-42H2,1-2H3/b34-3+/t43-,50+,51+,52+,53+,54-,55+,56+,57+,58-,59-,60+,61+,62-,63-/m0/s1.